The van der Waals surface area contributed by atoms with E-state index in [1.807, 2.05) is 26.0 Å². The first kappa shape index (κ1) is 26.0. The molecular formula is C26H28FN5O5. The van der Waals surface area contributed by atoms with Crippen molar-refractivity contribution in [1.82, 2.24) is 25.6 Å². The molecule has 4 aromatic rings. The largest absolute Gasteiger partial charge is 0.481 e. The summed E-state index contributed by atoms with van der Waals surface area (Å²) < 4.78 is 31.3. The number of aromatic nitrogens is 4. The molecule has 0 saturated carbocycles. The molecule has 10 nitrogen and oxygen atoms in total. The fourth-order valence-electron chi connectivity index (χ4n) is 3.41. The lowest BCUT2D eigenvalue weighted by Crippen LogP contribution is -2.46. The lowest BCUT2D eigenvalue weighted by atomic mass is 10.0. The van der Waals surface area contributed by atoms with Crippen LogP contribution in [0, 0.1) is 5.82 Å². The van der Waals surface area contributed by atoms with E-state index in [0.717, 1.165) is 11.6 Å². The first-order chi connectivity index (χ1) is 17.7. The van der Waals surface area contributed by atoms with Gasteiger partial charge in [-0.05, 0) is 56.7 Å². The highest BCUT2D eigenvalue weighted by Gasteiger charge is 2.24. The normalized spacial score (nSPS) is 12.4. The maximum atomic E-state index is 14.7. The number of ether oxygens (including phenoxy) is 1. The van der Waals surface area contributed by atoms with Crippen molar-refractivity contribution in [1.29, 1.82) is 0 Å². The van der Waals surface area contributed by atoms with Crippen LogP contribution in [0.3, 0.4) is 0 Å². The highest BCUT2D eigenvalue weighted by atomic mass is 19.1. The monoisotopic (exact) mass is 509 g/mol. The van der Waals surface area contributed by atoms with Crippen LogP contribution in [0.25, 0.3) is 22.8 Å². The smallest absolute Gasteiger partial charge is 0.268 e. The van der Waals surface area contributed by atoms with Crippen molar-refractivity contribution in [3.05, 3.63) is 65.6 Å². The van der Waals surface area contributed by atoms with E-state index < -0.39 is 23.4 Å². The van der Waals surface area contributed by atoms with Gasteiger partial charge in [-0.2, -0.15) is 9.97 Å². The number of aliphatic hydroxyl groups excluding tert-OH is 1. The van der Waals surface area contributed by atoms with Crippen LogP contribution in [0.15, 0.2) is 51.5 Å². The van der Waals surface area contributed by atoms with Gasteiger partial charge in [0.1, 0.15) is 11.6 Å². The van der Waals surface area contributed by atoms with Crippen LogP contribution in [-0.4, -0.2) is 43.4 Å². The summed E-state index contributed by atoms with van der Waals surface area (Å²) in [4.78, 5) is 21.1. The van der Waals surface area contributed by atoms with Crippen molar-refractivity contribution in [2.24, 2.45) is 0 Å². The van der Waals surface area contributed by atoms with E-state index in [4.69, 9.17) is 13.8 Å². The van der Waals surface area contributed by atoms with Gasteiger partial charge in [0.25, 0.3) is 11.8 Å². The van der Waals surface area contributed by atoms with Crippen LogP contribution in [0.2, 0.25) is 0 Å². The predicted octanol–water partition coefficient (Wildman–Crippen LogP) is 4.52. The van der Waals surface area contributed by atoms with Crippen molar-refractivity contribution >= 4 is 5.91 Å². The Morgan fingerprint density at radius 1 is 1.05 bits per heavy atom. The summed E-state index contributed by atoms with van der Waals surface area (Å²) in [6, 6.07) is 11.3. The molecular weight excluding hydrogens is 481 g/mol. The first-order valence-corrected chi connectivity index (χ1v) is 11.9. The summed E-state index contributed by atoms with van der Waals surface area (Å²) in [5.41, 5.74) is 0.101. The highest BCUT2D eigenvalue weighted by Crippen LogP contribution is 2.28. The number of aryl methyl sites for hydroxylation is 1. The zero-order valence-electron chi connectivity index (χ0n) is 21.0. The molecule has 2 heterocycles. The fraction of sp³-hybridized carbons (Fsp3) is 0.346. The van der Waals surface area contributed by atoms with E-state index in [9.17, 15) is 14.3 Å². The number of nitrogens with zero attached hydrogens (tertiary/aromatic N) is 4. The number of halogens is 1. The lowest BCUT2D eigenvalue weighted by molar-refractivity contribution is 0.0865. The van der Waals surface area contributed by atoms with E-state index in [-0.39, 0.29) is 23.9 Å². The summed E-state index contributed by atoms with van der Waals surface area (Å²) in [5.74, 6) is 0.680. The molecule has 37 heavy (non-hydrogen) atoms. The second-order valence-corrected chi connectivity index (χ2v) is 9.05. The molecule has 0 fully saturated rings. The molecule has 11 heteroatoms. The zero-order valence-corrected chi connectivity index (χ0v) is 21.0. The molecule has 0 radical (unpaired) electrons. The second kappa shape index (κ2) is 10.9. The van der Waals surface area contributed by atoms with Crippen molar-refractivity contribution in [3.63, 3.8) is 0 Å². The molecule has 2 N–H and O–H groups in total. The Balaban J connectivity index is 1.46. The van der Waals surface area contributed by atoms with E-state index in [1.165, 1.54) is 12.1 Å². The molecule has 4 rings (SSSR count). The van der Waals surface area contributed by atoms with Gasteiger partial charge in [0.05, 0.1) is 17.7 Å². The maximum Gasteiger partial charge on any atom is 0.268 e. The Hall–Kier alpha value is -4.12. The van der Waals surface area contributed by atoms with Gasteiger partial charge >= 0.3 is 0 Å². The highest BCUT2D eigenvalue weighted by molar-refractivity contribution is 5.95. The van der Waals surface area contributed by atoms with Crippen LogP contribution in [0.5, 0.6) is 5.75 Å². The minimum absolute atomic E-state index is 0.154. The van der Waals surface area contributed by atoms with Gasteiger partial charge in [-0.1, -0.05) is 30.2 Å². The number of hydrogen-bond acceptors (Lipinski definition) is 9. The molecule has 194 valence electrons. The van der Waals surface area contributed by atoms with E-state index in [1.54, 1.807) is 26.0 Å². The second-order valence-electron chi connectivity index (χ2n) is 9.05. The average Bonchev–Trinajstić information content (AvgIpc) is 3.57. The predicted molar refractivity (Wildman–Crippen MR) is 131 cm³/mol. The number of hydrogen-bond donors (Lipinski definition) is 2. The average molecular weight is 510 g/mol. The van der Waals surface area contributed by atoms with Gasteiger partial charge in [0.15, 0.2) is 6.10 Å². The van der Waals surface area contributed by atoms with Gasteiger partial charge in [0, 0.05) is 17.5 Å². The fourth-order valence-corrected chi connectivity index (χ4v) is 3.41. The van der Waals surface area contributed by atoms with Gasteiger partial charge in [-0.25, -0.2) is 4.39 Å². The summed E-state index contributed by atoms with van der Waals surface area (Å²) in [6.45, 7) is 6.83. The summed E-state index contributed by atoms with van der Waals surface area (Å²) >= 11 is 0. The van der Waals surface area contributed by atoms with Gasteiger partial charge in [-0.15, -0.1) is 0 Å². The molecule has 1 amide bonds. The standard InChI is InChI=1S/C26H28FN5O5/c1-5-20(35-17-10-7-15(8-11-17)22-28-21(6-2)36-31-22)25-29-23(32-37-25)16-9-12-18(19(27)13-16)24(34)30-26(3,4)14-33/h7-13,20,33H,5-6,14H2,1-4H3,(H,30,34). The number of amides is 1. The Labute approximate surface area is 212 Å². The Morgan fingerprint density at radius 2 is 1.73 bits per heavy atom. The molecule has 2 aromatic carbocycles. The van der Waals surface area contributed by atoms with Crippen LogP contribution >= 0.6 is 0 Å². The van der Waals surface area contributed by atoms with Crippen molar-refractivity contribution in [2.75, 3.05) is 6.61 Å². The number of benzene rings is 2. The first-order valence-electron chi connectivity index (χ1n) is 11.9. The van der Waals surface area contributed by atoms with Crippen LogP contribution in [0.4, 0.5) is 4.39 Å². The third-order valence-electron chi connectivity index (χ3n) is 5.57. The molecule has 0 aliphatic rings. The van der Waals surface area contributed by atoms with E-state index in [0.29, 0.717) is 35.9 Å². The van der Waals surface area contributed by atoms with E-state index >= 15 is 0 Å². The van der Waals surface area contributed by atoms with E-state index in [2.05, 4.69) is 25.6 Å². The Kier molecular flexibility index (Phi) is 7.63. The number of nitrogens with one attached hydrogen (secondary N) is 1. The SMILES string of the molecule is CCc1nc(-c2ccc(OC(CC)c3nc(-c4ccc(C(=O)NC(C)(C)CO)c(F)c4)no3)cc2)no1. The van der Waals surface area contributed by atoms with Crippen molar-refractivity contribution in [3.8, 4) is 28.5 Å². The Morgan fingerprint density at radius 3 is 2.35 bits per heavy atom. The van der Waals surface area contributed by atoms with Gasteiger partial charge in [0.2, 0.25) is 17.5 Å². The number of aliphatic hydroxyl groups is 1. The number of carbonyl (C=O) groups is 1. The van der Waals surface area contributed by atoms with Crippen LogP contribution in [-0.2, 0) is 6.42 Å². The molecule has 0 aliphatic heterocycles. The molecule has 0 saturated heterocycles. The number of carbonyl (C=O) groups excluding carboxylic acids is 1. The minimum Gasteiger partial charge on any atom is -0.481 e. The number of rotatable bonds is 10. The topological polar surface area (TPSA) is 136 Å². The van der Waals surface area contributed by atoms with Gasteiger partial charge in [-0.3, -0.25) is 4.79 Å². The van der Waals surface area contributed by atoms with Crippen LogP contribution < -0.4 is 10.1 Å². The maximum absolute atomic E-state index is 14.7. The van der Waals surface area contributed by atoms with Crippen molar-refractivity contribution < 1.29 is 28.1 Å². The summed E-state index contributed by atoms with van der Waals surface area (Å²) in [5, 5.41) is 19.8. The quantitative estimate of drug-likeness (QED) is 0.316. The Bertz CT molecular complexity index is 1370. The zero-order chi connectivity index (χ0) is 26.6. The lowest BCUT2D eigenvalue weighted by Gasteiger charge is -2.23. The molecule has 0 aliphatic carbocycles. The van der Waals surface area contributed by atoms with Crippen LogP contribution in [0.1, 0.15) is 62.4 Å². The van der Waals surface area contributed by atoms with Crippen molar-refractivity contribution in [2.45, 2.75) is 52.2 Å². The molecule has 0 bridgehead atoms. The summed E-state index contributed by atoms with van der Waals surface area (Å²) in [7, 11) is 0. The molecule has 0 spiro atoms. The third kappa shape index (κ3) is 6.00. The van der Waals surface area contributed by atoms with Gasteiger partial charge < -0.3 is 24.2 Å². The molecule has 2 aromatic heterocycles. The molecule has 1 unspecified atom stereocenters. The minimum atomic E-state index is -0.883. The molecule has 1 atom stereocenters. The third-order valence-corrected chi connectivity index (χ3v) is 5.57. The summed E-state index contributed by atoms with van der Waals surface area (Å²) in [6.07, 6.45) is 0.676.